The zero-order valence-electron chi connectivity index (χ0n) is 8.48. The normalized spacial score (nSPS) is 10.5. The minimum absolute atomic E-state index is 0.289. The number of carbonyl (C=O) groups is 1. The lowest BCUT2D eigenvalue weighted by atomic mass is 10.2. The predicted molar refractivity (Wildman–Crippen MR) is 61.3 cm³/mol. The van der Waals surface area contributed by atoms with E-state index in [9.17, 15) is 4.79 Å². The molecule has 0 fully saturated rings. The SMILES string of the molecule is Nc1cc(Cl)cc(C(=O)NC(CO)CO)c1. The summed E-state index contributed by atoms with van der Waals surface area (Å²) in [6.45, 7) is -0.670. The van der Waals surface area contributed by atoms with Crippen LogP contribution in [0, 0.1) is 0 Å². The van der Waals surface area contributed by atoms with Gasteiger partial charge in [0.05, 0.1) is 19.3 Å². The number of amides is 1. The second kappa shape index (κ2) is 5.69. The second-order valence-electron chi connectivity index (χ2n) is 3.31. The van der Waals surface area contributed by atoms with Crippen molar-refractivity contribution in [2.45, 2.75) is 6.04 Å². The molecule has 0 saturated carbocycles. The molecule has 1 rings (SSSR count). The third-order valence-electron chi connectivity index (χ3n) is 1.96. The summed E-state index contributed by atoms with van der Waals surface area (Å²) in [4.78, 5) is 11.6. The molecule has 0 aliphatic carbocycles. The van der Waals surface area contributed by atoms with Crippen molar-refractivity contribution in [2.75, 3.05) is 18.9 Å². The van der Waals surface area contributed by atoms with Crippen molar-refractivity contribution in [3.8, 4) is 0 Å². The summed E-state index contributed by atoms with van der Waals surface area (Å²) in [5.41, 5.74) is 6.20. The van der Waals surface area contributed by atoms with Gasteiger partial charge in [0.2, 0.25) is 0 Å². The maximum Gasteiger partial charge on any atom is 0.251 e. The first-order valence-electron chi connectivity index (χ1n) is 4.65. The third kappa shape index (κ3) is 3.37. The summed E-state index contributed by atoms with van der Waals surface area (Å²) >= 11 is 5.74. The van der Waals surface area contributed by atoms with Gasteiger partial charge in [0.1, 0.15) is 0 Å². The molecule has 88 valence electrons. The highest BCUT2D eigenvalue weighted by Gasteiger charge is 2.12. The molecule has 1 aromatic rings. The topological polar surface area (TPSA) is 95.6 Å². The molecule has 1 aromatic carbocycles. The van der Waals surface area contributed by atoms with Gasteiger partial charge >= 0.3 is 0 Å². The van der Waals surface area contributed by atoms with E-state index in [2.05, 4.69) is 5.32 Å². The van der Waals surface area contributed by atoms with Gasteiger partial charge in [-0.15, -0.1) is 0 Å². The molecular weight excluding hydrogens is 232 g/mol. The van der Waals surface area contributed by atoms with Crippen molar-refractivity contribution in [1.29, 1.82) is 0 Å². The summed E-state index contributed by atoms with van der Waals surface area (Å²) in [5.74, 6) is -0.442. The number of hydrogen-bond donors (Lipinski definition) is 4. The average molecular weight is 245 g/mol. The summed E-state index contributed by atoms with van der Waals surface area (Å²) in [6, 6.07) is 3.76. The average Bonchev–Trinajstić information content (AvgIpc) is 2.24. The number of carbonyl (C=O) groups excluding carboxylic acids is 1. The van der Waals surface area contributed by atoms with Crippen LogP contribution in [-0.4, -0.2) is 35.4 Å². The van der Waals surface area contributed by atoms with Crippen LogP contribution in [0.4, 0.5) is 5.69 Å². The van der Waals surface area contributed by atoms with E-state index in [-0.39, 0.29) is 18.8 Å². The number of anilines is 1. The van der Waals surface area contributed by atoms with Crippen molar-refractivity contribution in [2.24, 2.45) is 0 Å². The Morgan fingerprint density at radius 1 is 1.38 bits per heavy atom. The summed E-state index contributed by atoms with van der Waals surface area (Å²) in [6.07, 6.45) is 0. The van der Waals surface area contributed by atoms with Gasteiger partial charge in [0, 0.05) is 16.3 Å². The Morgan fingerprint density at radius 2 is 2.00 bits per heavy atom. The van der Waals surface area contributed by atoms with Gasteiger partial charge in [0.15, 0.2) is 0 Å². The third-order valence-corrected chi connectivity index (χ3v) is 2.18. The van der Waals surface area contributed by atoms with Gasteiger partial charge in [-0.25, -0.2) is 0 Å². The van der Waals surface area contributed by atoms with Gasteiger partial charge < -0.3 is 21.3 Å². The number of nitrogen functional groups attached to an aromatic ring is 1. The number of nitrogens with one attached hydrogen (secondary N) is 1. The largest absolute Gasteiger partial charge is 0.399 e. The lowest BCUT2D eigenvalue weighted by Crippen LogP contribution is -2.40. The molecule has 6 heteroatoms. The molecule has 0 spiro atoms. The van der Waals surface area contributed by atoms with Crippen LogP contribution < -0.4 is 11.1 Å². The molecular formula is C10H13ClN2O3. The Balaban J connectivity index is 2.80. The molecule has 0 saturated heterocycles. The van der Waals surface area contributed by atoms with E-state index in [0.29, 0.717) is 10.7 Å². The molecule has 16 heavy (non-hydrogen) atoms. The fraction of sp³-hybridized carbons (Fsp3) is 0.300. The smallest absolute Gasteiger partial charge is 0.251 e. The molecule has 1 amide bonds. The van der Waals surface area contributed by atoms with Crippen molar-refractivity contribution in [3.05, 3.63) is 28.8 Å². The van der Waals surface area contributed by atoms with E-state index in [1.54, 1.807) is 0 Å². The van der Waals surface area contributed by atoms with E-state index in [1.807, 2.05) is 0 Å². The quantitative estimate of drug-likeness (QED) is 0.561. The van der Waals surface area contributed by atoms with Crippen LogP contribution in [0.2, 0.25) is 5.02 Å². The lowest BCUT2D eigenvalue weighted by molar-refractivity contribution is 0.0879. The van der Waals surface area contributed by atoms with E-state index >= 15 is 0 Å². The summed E-state index contributed by atoms with van der Waals surface area (Å²) in [5, 5.41) is 20.4. The van der Waals surface area contributed by atoms with Crippen LogP contribution in [0.25, 0.3) is 0 Å². The molecule has 0 aliphatic heterocycles. The van der Waals surface area contributed by atoms with Crippen LogP contribution in [0.1, 0.15) is 10.4 Å². The van der Waals surface area contributed by atoms with Crippen LogP contribution in [0.15, 0.2) is 18.2 Å². The van der Waals surface area contributed by atoms with Crippen molar-refractivity contribution >= 4 is 23.2 Å². The Labute approximate surface area is 97.8 Å². The predicted octanol–water partition coefficient (Wildman–Crippen LogP) is 0.00520. The maximum atomic E-state index is 11.6. The number of halogens is 1. The number of rotatable bonds is 4. The molecule has 0 aromatic heterocycles. The Hall–Kier alpha value is -1.30. The van der Waals surface area contributed by atoms with Crippen molar-refractivity contribution in [1.82, 2.24) is 5.32 Å². The molecule has 0 atom stereocenters. The highest BCUT2D eigenvalue weighted by molar-refractivity contribution is 6.31. The highest BCUT2D eigenvalue weighted by atomic mass is 35.5. The fourth-order valence-corrected chi connectivity index (χ4v) is 1.40. The Bertz CT molecular complexity index is 360. The molecule has 0 aliphatic rings. The first kappa shape index (κ1) is 12.8. The first-order chi connectivity index (χ1) is 7.56. The van der Waals surface area contributed by atoms with Gasteiger partial charge in [-0.1, -0.05) is 11.6 Å². The Kier molecular flexibility index (Phi) is 4.54. The Morgan fingerprint density at radius 3 is 2.50 bits per heavy atom. The number of nitrogens with two attached hydrogens (primary N) is 1. The maximum absolute atomic E-state index is 11.6. The van der Waals surface area contributed by atoms with Gasteiger partial charge in [-0.3, -0.25) is 4.79 Å². The monoisotopic (exact) mass is 244 g/mol. The molecule has 0 radical (unpaired) electrons. The molecule has 5 N–H and O–H groups in total. The van der Waals surface area contributed by atoms with E-state index in [4.69, 9.17) is 27.5 Å². The molecule has 0 unspecified atom stereocenters. The van der Waals surface area contributed by atoms with Crippen LogP contribution in [-0.2, 0) is 0 Å². The van der Waals surface area contributed by atoms with Gasteiger partial charge in [-0.2, -0.15) is 0 Å². The van der Waals surface area contributed by atoms with Gasteiger partial charge in [0.25, 0.3) is 5.91 Å². The second-order valence-corrected chi connectivity index (χ2v) is 3.75. The van der Waals surface area contributed by atoms with Crippen LogP contribution in [0.3, 0.4) is 0 Å². The number of aliphatic hydroxyl groups is 2. The minimum atomic E-state index is -0.687. The first-order valence-corrected chi connectivity index (χ1v) is 5.03. The fourth-order valence-electron chi connectivity index (χ4n) is 1.16. The molecule has 0 heterocycles. The van der Waals surface area contributed by atoms with Crippen LogP contribution in [0.5, 0.6) is 0 Å². The van der Waals surface area contributed by atoms with Crippen molar-refractivity contribution in [3.63, 3.8) is 0 Å². The van der Waals surface area contributed by atoms with E-state index in [1.165, 1.54) is 18.2 Å². The summed E-state index contributed by atoms with van der Waals surface area (Å²) in [7, 11) is 0. The lowest BCUT2D eigenvalue weighted by Gasteiger charge is -2.13. The standard InChI is InChI=1S/C10H13ClN2O3/c11-7-1-6(2-8(12)3-7)10(16)13-9(4-14)5-15/h1-3,9,14-15H,4-5,12H2,(H,13,16). The van der Waals surface area contributed by atoms with E-state index < -0.39 is 11.9 Å². The number of aliphatic hydroxyl groups excluding tert-OH is 2. The zero-order chi connectivity index (χ0) is 12.1. The van der Waals surface area contributed by atoms with Crippen molar-refractivity contribution < 1.29 is 15.0 Å². The zero-order valence-corrected chi connectivity index (χ0v) is 9.24. The molecule has 0 bridgehead atoms. The van der Waals surface area contributed by atoms with Crippen LogP contribution >= 0.6 is 11.6 Å². The molecule has 5 nitrogen and oxygen atoms in total. The van der Waals surface area contributed by atoms with Gasteiger partial charge in [-0.05, 0) is 18.2 Å². The number of hydrogen-bond acceptors (Lipinski definition) is 4. The highest BCUT2D eigenvalue weighted by Crippen LogP contribution is 2.16. The minimum Gasteiger partial charge on any atom is -0.399 e. The van der Waals surface area contributed by atoms with E-state index in [0.717, 1.165) is 0 Å². The summed E-state index contributed by atoms with van der Waals surface area (Å²) < 4.78 is 0. The number of benzene rings is 1.